The Morgan fingerprint density at radius 1 is 1.00 bits per heavy atom. The van der Waals surface area contributed by atoms with E-state index in [1.807, 2.05) is 48.5 Å². The molecule has 0 unspecified atom stereocenters. The second-order valence-corrected chi connectivity index (χ2v) is 6.59. The van der Waals surface area contributed by atoms with Gasteiger partial charge < -0.3 is 15.2 Å². The number of aromatic amines is 1. The number of hydrogen-bond donors (Lipinski definition) is 2. The lowest BCUT2D eigenvalue weighted by atomic mass is 10.2. The van der Waals surface area contributed by atoms with E-state index in [0.717, 1.165) is 18.8 Å². The van der Waals surface area contributed by atoms with E-state index in [0.29, 0.717) is 36.4 Å². The molecule has 0 radical (unpaired) electrons. The molecule has 0 atom stereocenters. The summed E-state index contributed by atoms with van der Waals surface area (Å²) in [6, 6.07) is 16.7. The predicted octanol–water partition coefficient (Wildman–Crippen LogP) is 2.27. The molecule has 0 aliphatic carbocycles. The highest BCUT2D eigenvalue weighted by atomic mass is 16.2. The van der Waals surface area contributed by atoms with Crippen molar-refractivity contribution >= 4 is 22.6 Å². The molecule has 0 bridgehead atoms. The zero-order chi connectivity index (χ0) is 18.6. The number of para-hydroxylation sites is 2. The number of urea groups is 1. The number of hydrogen-bond acceptors (Lipinski definition) is 4. The summed E-state index contributed by atoms with van der Waals surface area (Å²) in [7, 11) is 0. The van der Waals surface area contributed by atoms with Crippen molar-refractivity contribution in [3.63, 3.8) is 0 Å². The van der Waals surface area contributed by atoms with Gasteiger partial charge in [-0.25, -0.2) is 9.78 Å². The largest absolute Gasteiger partial charge is 0.322 e. The monoisotopic (exact) mass is 363 g/mol. The van der Waals surface area contributed by atoms with Crippen molar-refractivity contribution in [2.75, 3.05) is 31.5 Å². The molecule has 7 heteroatoms. The summed E-state index contributed by atoms with van der Waals surface area (Å²) in [6.45, 7) is 3.30. The Labute approximate surface area is 156 Å². The van der Waals surface area contributed by atoms with Crippen LogP contribution in [0.1, 0.15) is 5.82 Å². The fourth-order valence-corrected chi connectivity index (χ4v) is 3.25. The molecule has 1 fully saturated rings. The Kier molecular flexibility index (Phi) is 4.84. The Balaban J connectivity index is 1.36. The zero-order valence-electron chi connectivity index (χ0n) is 14.9. The van der Waals surface area contributed by atoms with Crippen LogP contribution in [0.25, 0.3) is 10.9 Å². The van der Waals surface area contributed by atoms with Crippen molar-refractivity contribution < 1.29 is 4.79 Å². The highest BCUT2D eigenvalue weighted by Crippen LogP contribution is 2.11. The van der Waals surface area contributed by atoms with Crippen LogP contribution in [0.3, 0.4) is 0 Å². The molecule has 1 aromatic heterocycles. The minimum absolute atomic E-state index is 0.0851. The fourth-order valence-electron chi connectivity index (χ4n) is 3.25. The van der Waals surface area contributed by atoms with E-state index in [2.05, 4.69) is 20.2 Å². The number of rotatable bonds is 3. The lowest BCUT2D eigenvalue weighted by Gasteiger charge is -2.34. The van der Waals surface area contributed by atoms with Gasteiger partial charge in [0.1, 0.15) is 5.82 Å². The number of fused-ring (bicyclic) bond motifs is 1. The summed E-state index contributed by atoms with van der Waals surface area (Å²) >= 11 is 0. The van der Waals surface area contributed by atoms with Crippen LogP contribution in [0, 0.1) is 0 Å². The van der Waals surface area contributed by atoms with Gasteiger partial charge in [-0.15, -0.1) is 0 Å². The number of carbonyl (C=O) groups is 1. The average Bonchev–Trinajstić information content (AvgIpc) is 2.69. The summed E-state index contributed by atoms with van der Waals surface area (Å²) < 4.78 is 0. The SMILES string of the molecule is O=C(Nc1ccccc1)N1CCN(Cc2nc3ccccc3c(=O)[nH]2)CC1. The normalized spacial score (nSPS) is 15.0. The molecule has 1 aliphatic heterocycles. The van der Waals surface area contributed by atoms with Gasteiger partial charge in [0.15, 0.2) is 0 Å². The summed E-state index contributed by atoms with van der Waals surface area (Å²) in [4.78, 5) is 36.0. The molecule has 2 N–H and O–H groups in total. The number of amides is 2. The quantitative estimate of drug-likeness (QED) is 0.748. The first-order valence-corrected chi connectivity index (χ1v) is 9.00. The second-order valence-electron chi connectivity index (χ2n) is 6.59. The van der Waals surface area contributed by atoms with E-state index in [1.165, 1.54) is 0 Å². The van der Waals surface area contributed by atoms with Crippen molar-refractivity contribution in [2.45, 2.75) is 6.54 Å². The van der Waals surface area contributed by atoms with Crippen LogP contribution in [0.4, 0.5) is 10.5 Å². The highest BCUT2D eigenvalue weighted by molar-refractivity contribution is 5.89. The Bertz CT molecular complexity index is 994. The van der Waals surface area contributed by atoms with E-state index < -0.39 is 0 Å². The summed E-state index contributed by atoms with van der Waals surface area (Å²) in [5, 5.41) is 3.51. The van der Waals surface area contributed by atoms with Crippen molar-refractivity contribution in [1.82, 2.24) is 19.8 Å². The topological polar surface area (TPSA) is 81.3 Å². The van der Waals surface area contributed by atoms with Crippen LogP contribution < -0.4 is 10.9 Å². The number of piperazine rings is 1. The van der Waals surface area contributed by atoms with E-state index in [1.54, 1.807) is 11.0 Å². The fraction of sp³-hybridized carbons (Fsp3) is 0.250. The molecule has 0 saturated carbocycles. The van der Waals surface area contributed by atoms with Crippen LogP contribution in [0.2, 0.25) is 0 Å². The smallest absolute Gasteiger partial charge is 0.321 e. The molecular formula is C20H21N5O2. The molecule has 2 amide bonds. The van der Waals surface area contributed by atoms with Crippen molar-refractivity contribution in [3.05, 3.63) is 70.8 Å². The van der Waals surface area contributed by atoms with Crippen LogP contribution in [0.5, 0.6) is 0 Å². The lowest BCUT2D eigenvalue weighted by molar-refractivity contribution is 0.141. The molecule has 1 saturated heterocycles. The molecule has 138 valence electrons. The first-order chi connectivity index (χ1) is 13.2. The predicted molar refractivity (Wildman–Crippen MR) is 105 cm³/mol. The maximum atomic E-state index is 12.4. The molecular weight excluding hydrogens is 342 g/mol. The van der Waals surface area contributed by atoms with Gasteiger partial charge in [0.25, 0.3) is 5.56 Å². The Morgan fingerprint density at radius 3 is 2.48 bits per heavy atom. The van der Waals surface area contributed by atoms with E-state index in [9.17, 15) is 9.59 Å². The van der Waals surface area contributed by atoms with Crippen LogP contribution >= 0.6 is 0 Å². The van der Waals surface area contributed by atoms with E-state index >= 15 is 0 Å². The first kappa shape index (κ1) is 17.2. The van der Waals surface area contributed by atoms with Crippen LogP contribution in [0.15, 0.2) is 59.4 Å². The standard InChI is InChI=1S/C20H21N5O2/c26-19-16-8-4-5-9-17(16)22-18(23-19)14-24-10-12-25(13-11-24)20(27)21-15-6-2-1-3-7-15/h1-9H,10-14H2,(H,21,27)(H,22,23,26). The van der Waals surface area contributed by atoms with Gasteiger partial charge in [0.05, 0.1) is 17.4 Å². The van der Waals surface area contributed by atoms with Gasteiger partial charge in [-0.1, -0.05) is 30.3 Å². The van der Waals surface area contributed by atoms with Gasteiger partial charge in [-0.3, -0.25) is 9.69 Å². The Morgan fingerprint density at radius 2 is 1.70 bits per heavy atom. The Hall–Kier alpha value is -3.19. The van der Waals surface area contributed by atoms with Crippen molar-refractivity contribution in [3.8, 4) is 0 Å². The minimum atomic E-state index is -0.114. The molecule has 2 aromatic carbocycles. The third-order valence-corrected chi connectivity index (χ3v) is 4.72. The third-order valence-electron chi connectivity index (χ3n) is 4.72. The number of anilines is 1. The van der Waals surface area contributed by atoms with Crippen LogP contribution in [-0.2, 0) is 6.54 Å². The van der Waals surface area contributed by atoms with Crippen molar-refractivity contribution in [1.29, 1.82) is 0 Å². The highest BCUT2D eigenvalue weighted by Gasteiger charge is 2.21. The molecule has 7 nitrogen and oxygen atoms in total. The minimum Gasteiger partial charge on any atom is -0.322 e. The number of aromatic nitrogens is 2. The molecule has 1 aliphatic rings. The van der Waals surface area contributed by atoms with Gasteiger partial charge in [-0.05, 0) is 24.3 Å². The molecule has 0 spiro atoms. The van der Waals surface area contributed by atoms with Gasteiger partial charge >= 0.3 is 6.03 Å². The van der Waals surface area contributed by atoms with Crippen molar-refractivity contribution in [2.24, 2.45) is 0 Å². The molecule has 2 heterocycles. The second kappa shape index (κ2) is 7.59. The average molecular weight is 363 g/mol. The number of carbonyl (C=O) groups excluding carboxylic acids is 1. The third kappa shape index (κ3) is 3.98. The maximum Gasteiger partial charge on any atom is 0.321 e. The number of nitrogens with one attached hydrogen (secondary N) is 2. The summed E-state index contributed by atoms with van der Waals surface area (Å²) in [6.07, 6.45) is 0. The zero-order valence-corrected chi connectivity index (χ0v) is 14.9. The lowest BCUT2D eigenvalue weighted by Crippen LogP contribution is -2.49. The van der Waals surface area contributed by atoms with E-state index in [-0.39, 0.29) is 11.6 Å². The number of benzene rings is 2. The maximum absolute atomic E-state index is 12.4. The van der Waals surface area contributed by atoms with Gasteiger partial charge in [0.2, 0.25) is 0 Å². The van der Waals surface area contributed by atoms with Crippen LogP contribution in [-0.4, -0.2) is 52.0 Å². The molecule has 3 aromatic rings. The first-order valence-electron chi connectivity index (χ1n) is 9.00. The summed E-state index contributed by atoms with van der Waals surface area (Å²) in [5.41, 5.74) is 1.39. The molecule has 4 rings (SSSR count). The number of nitrogens with zero attached hydrogens (tertiary/aromatic N) is 3. The van der Waals surface area contributed by atoms with Gasteiger partial charge in [-0.2, -0.15) is 0 Å². The van der Waals surface area contributed by atoms with E-state index in [4.69, 9.17) is 0 Å². The number of H-pyrrole nitrogens is 1. The van der Waals surface area contributed by atoms with Gasteiger partial charge in [0, 0.05) is 31.9 Å². The molecule has 27 heavy (non-hydrogen) atoms. The summed E-state index contributed by atoms with van der Waals surface area (Å²) in [5.74, 6) is 0.654.